The van der Waals surface area contributed by atoms with Crippen molar-refractivity contribution in [2.75, 3.05) is 5.32 Å². The first kappa shape index (κ1) is 18.2. The lowest BCUT2D eigenvalue weighted by Gasteiger charge is -2.08. The minimum atomic E-state index is -0.486. The van der Waals surface area contributed by atoms with Crippen molar-refractivity contribution in [3.05, 3.63) is 100 Å². The predicted octanol–water partition coefficient (Wildman–Crippen LogP) is 2.47. The van der Waals surface area contributed by atoms with Gasteiger partial charge in [0.2, 0.25) is 0 Å². The molecule has 0 fully saturated rings. The second kappa shape index (κ2) is 7.81. The van der Waals surface area contributed by atoms with Gasteiger partial charge in [-0.1, -0.05) is 18.2 Å². The molecule has 0 unspecified atom stereocenters. The fourth-order valence-corrected chi connectivity index (χ4v) is 2.76. The van der Waals surface area contributed by atoms with E-state index in [0.717, 1.165) is 0 Å². The van der Waals surface area contributed by atoms with Gasteiger partial charge in [0.15, 0.2) is 0 Å². The van der Waals surface area contributed by atoms with Crippen LogP contribution in [0.2, 0.25) is 0 Å². The molecular weight excluding hydrogens is 372 g/mol. The van der Waals surface area contributed by atoms with Gasteiger partial charge in [-0.25, -0.2) is 4.98 Å². The summed E-state index contributed by atoms with van der Waals surface area (Å²) in [6.07, 6.45) is 4.21. The lowest BCUT2D eigenvalue weighted by Crippen LogP contribution is -2.26. The summed E-state index contributed by atoms with van der Waals surface area (Å²) in [4.78, 5) is 41.7. The lowest BCUT2D eigenvalue weighted by atomic mass is 10.2. The van der Waals surface area contributed by atoms with Gasteiger partial charge in [-0.3, -0.25) is 18.8 Å². The van der Waals surface area contributed by atoms with Gasteiger partial charge in [0.25, 0.3) is 17.4 Å². The van der Waals surface area contributed by atoms with Crippen molar-refractivity contribution in [1.82, 2.24) is 14.7 Å². The molecule has 2 amide bonds. The molecule has 0 bridgehead atoms. The van der Waals surface area contributed by atoms with Crippen LogP contribution in [-0.4, -0.2) is 21.2 Å². The zero-order valence-electron chi connectivity index (χ0n) is 15.2. The molecule has 2 N–H and O–H groups in total. The molecule has 29 heavy (non-hydrogen) atoms. The summed E-state index contributed by atoms with van der Waals surface area (Å²) in [6, 6.07) is 15.1. The molecule has 3 heterocycles. The number of aromatic nitrogens is 2. The van der Waals surface area contributed by atoms with Crippen LogP contribution in [0.5, 0.6) is 0 Å². The van der Waals surface area contributed by atoms with E-state index in [0.29, 0.717) is 17.0 Å². The maximum absolute atomic E-state index is 12.8. The zero-order chi connectivity index (χ0) is 20.2. The summed E-state index contributed by atoms with van der Waals surface area (Å²) in [5.74, 6) is -0.172. The normalized spacial score (nSPS) is 10.6. The van der Waals surface area contributed by atoms with Crippen LogP contribution in [0, 0.1) is 0 Å². The quantitative estimate of drug-likeness (QED) is 0.546. The number of fused-ring (bicyclic) bond motifs is 1. The number of furan rings is 1. The second-order valence-electron chi connectivity index (χ2n) is 6.21. The molecule has 8 heteroatoms. The fraction of sp³-hybridized carbons (Fsp3) is 0.0476. The Morgan fingerprint density at radius 2 is 1.79 bits per heavy atom. The molecule has 3 aromatic heterocycles. The molecule has 0 radical (unpaired) electrons. The third-order valence-corrected chi connectivity index (χ3v) is 4.25. The molecular formula is C21H16N4O4. The van der Waals surface area contributed by atoms with E-state index >= 15 is 0 Å². The monoisotopic (exact) mass is 388 g/mol. The number of pyridine rings is 1. The Bertz CT molecular complexity index is 1230. The van der Waals surface area contributed by atoms with Gasteiger partial charge in [0.1, 0.15) is 17.1 Å². The van der Waals surface area contributed by atoms with E-state index < -0.39 is 11.5 Å². The highest BCUT2D eigenvalue weighted by Gasteiger charge is 2.13. The highest BCUT2D eigenvalue weighted by molar-refractivity contribution is 6.04. The minimum absolute atomic E-state index is 0.0181. The molecule has 0 spiro atoms. The van der Waals surface area contributed by atoms with Crippen LogP contribution in [0.3, 0.4) is 0 Å². The Balaban J connectivity index is 1.58. The first-order valence-corrected chi connectivity index (χ1v) is 8.80. The molecule has 0 atom stereocenters. The van der Waals surface area contributed by atoms with Crippen LogP contribution in [0.1, 0.15) is 26.5 Å². The molecule has 0 aliphatic rings. The van der Waals surface area contributed by atoms with Crippen molar-refractivity contribution in [2.24, 2.45) is 0 Å². The van der Waals surface area contributed by atoms with Crippen LogP contribution >= 0.6 is 0 Å². The van der Waals surface area contributed by atoms with E-state index in [1.807, 2.05) is 0 Å². The van der Waals surface area contributed by atoms with E-state index in [9.17, 15) is 14.4 Å². The summed E-state index contributed by atoms with van der Waals surface area (Å²) in [5.41, 5.74) is 0.585. The maximum atomic E-state index is 12.8. The summed E-state index contributed by atoms with van der Waals surface area (Å²) in [5, 5.41) is 5.28. The summed E-state index contributed by atoms with van der Waals surface area (Å²) in [7, 11) is 0. The Kier molecular flexibility index (Phi) is 4.90. The number of nitrogens with one attached hydrogen (secondary N) is 2. The Morgan fingerprint density at radius 1 is 0.966 bits per heavy atom. The van der Waals surface area contributed by atoms with Crippen LogP contribution in [0.4, 0.5) is 5.69 Å². The summed E-state index contributed by atoms with van der Waals surface area (Å²) in [6.45, 7) is 0.226. The van der Waals surface area contributed by atoms with Crippen LogP contribution < -0.4 is 16.2 Å². The highest BCUT2D eigenvalue weighted by Crippen LogP contribution is 2.08. The first-order chi connectivity index (χ1) is 14.1. The number of carbonyl (C=O) groups is 2. The number of benzene rings is 1. The van der Waals surface area contributed by atoms with Gasteiger partial charge in [-0.15, -0.1) is 0 Å². The van der Waals surface area contributed by atoms with Crippen LogP contribution in [-0.2, 0) is 6.54 Å². The van der Waals surface area contributed by atoms with Gasteiger partial charge in [0.05, 0.1) is 24.6 Å². The highest BCUT2D eigenvalue weighted by atomic mass is 16.3. The smallest absolute Gasteiger partial charge is 0.281 e. The van der Waals surface area contributed by atoms with Crippen molar-refractivity contribution < 1.29 is 14.0 Å². The average Bonchev–Trinajstić information content (AvgIpc) is 3.28. The number of carbonyl (C=O) groups excluding carboxylic acids is 2. The van der Waals surface area contributed by atoms with Crippen molar-refractivity contribution in [2.45, 2.75) is 6.54 Å². The second-order valence-corrected chi connectivity index (χ2v) is 6.21. The number of amides is 2. The fourth-order valence-electron chi connectivity index (χ4n) is 2.76. The van der Waals surface area contributed by atoms with Gasteiger partial charge >= 0.3 is 0 Å². The number of nitrogens with zero attached hydrogens (tertiary/aromatic N) is 2. The molecule has 144 valence electrons. The van der Waals surface area contributed by atoms with E-state index in [1.165, 1.54) is 23.1 Å². The molecule has 8 nitrogen and oxygen atoms in total. The molecule has 0 aliphatic heterocycles. The van der Waals surface area contributed by atoms with Crippen molar-refractivity contribution >= 4 is 23.1 Å². The molecule has 4 aromatic rings. The Hall–Kier alpha value is -4.20. The van der Waals surface area contributed by atoms with Gasteiger partial charge in [-0.05, 0) is 36.4 Å². The molecule has 1 aromatic carbocycles. The third kappa shape index (κ3) is 3.91. The standard InChI is InChI=1S/C21H16N4O4/c26-19(23-11-16-7-4-10-29-16)15-8-9-18-22-12-17(21(28)25(18)13-15)24-20(27)14-5-2-1-3-6-14/h1-10,12-13H,11H2,(H,23,26)(H,24,27). The third-order valence-electron chi connectivity index (χ3n) is 4.25. The Labute approximate surface area is 164 Å². The SMILES string of the molecule is O=C(NCc1ccco1)c1ccc2ncc(NC(=O)c3ccccc3)c(=O)n2c1. The predicted molar refractivity (Wildman–Crippen MR) is 106 cm³/mol. The van der Waals surface area contributed by atoms with Crippen molar-refractivity contribution in [1.29, 1.82) is 0 Å². The number of hydrogen-bond donors (Lipinski definition) is 2. The summed E-state index contributed by atoms with van der Waals surface area (Å²) >= 11 is 0. The summed E-state index contributed by atoms with van der Waals surface area (Å²) < 4.78 is 6.40. The topological polar surface area (TPSA) is 106 Å². The lowest BCUT2D eigenvalue weighted by molar-refractivity contribution is 0.0946. The van der Waals surface area contributed by atoms with Gasteiger partial charge in [-0.2, -0.15) is 0 Å². The Morgan fingerprint density at radius 3 is 2.55 bits per heavy atom. The van der Waals surface area contributed by atoms with Crippen LogP contribution in [0.25, 0.3) is 5.65 Å². The van der Waals surface area contributed by atoms with Crippen LogP contribution in [0.15, 0.2) is 82.5 Å². The van der Waals surface area contributed by atoms with E-state index in [-0.39, 0.29) is 23.7 Å². The molecule has 0 saturated heterocycles. The zero-order valence-corrected chi connectivity index (χ0v) is 15.2. The number of rotatable bonds is 5. The number of anilines is 1. The van der Waals surface area contributed by atoms with E-state index in [4.69, 9.17) is 4.42 Å². The maximum Gasteiger partial charge on any atom is 0.281 e. The van der Waals surface area contributed by atoms with E-state index in [2.05, 4.69) is 15.6 Å². The van der Waals surface area contributed by atoms with E-state index in [1.54, 1.807) is 54.6 Å². The number of hydrogen-bond acceptors (Lipinski definition) is 5. The molecule has 0 saturated carbocycles. The van der Waals surface area contributed by atoms with Gasteiger partial charge < -0.3 is 15.1 Å². The largest absolute Gasteiger partial charge is 0.467 e. The molecule has 4 rings (SSSR count). The average molecular weight is 388 g/mol. The molecule has 0 aliphatic carbocycles. The van der Waals surface area contributed by atoms with Crippen molar-refractivity contribution in [3.63, 3.8) is 0 Å². The minimum Gasteiger partial charge on any atom is -0.467 e. The first-order valence-electron chi connectivity index (χ1n) is 8.80. The van der Waals surface area contributed by atoms with Gasteiger partial charge in [0, 0.05) is 11.8 Å². The van der Waals surface area contributed by atoms with Crippen molar-refractivity contribution in [3.8, 4) is 0 Å².